The summed E-state index contributed by atoms with van der Waals surface area (Å²) in [6.07, 6.45) is 13.1. The third-order valence-electron chi connectivity index (χ3n) is 9.30. The molecule has 3 aromatic rings. The van der Waals surface area contributed by atoms with Gasteiger partial charge < -0.3 is 13.9 Å². The summed E-state index contributed by atoms with van der Waals surface area (Å²) >= 11 is 0. The Morgan fingerprint density at radius 1 is 1.00 bits per heavy atom. The summed E-state index contributed by atoms with van der Waals surface area (Å²) < 4.78 is 10.9. The first kappa shape index (κ1) is 28.7. The second-order valence-corrected chi connectivity index (χ2v) is 12.0. The molecule has 1 aliphatic heterocycles. The largest absolute Gasteiger partial charge is 0.381 e. The first-order chi connectivity index (χ1) is 18.3. The van der Waals surface area contributed by atoms with E-state index >= 15 is 0 Å². The van der Waals surface area contributed by atoms with Crippen LogP contribution in [0.4, 0.5) is 0 Å². The molecule has 0 bridgehead atoms. The first-order valence-electron chi connectivity index (χ1n) is 15.4. The van der Waals surface area contributed by atoms with Crippen molar-refractivity contribution in [3.05, 3.63) is 64.6 Å². The first-order valence-corrected chi connectivity index (χ1v) is 15.4. The summed E-state index contributed by atoms with van der Waals surface area (Å²) in [7, 11) is 0. The number of nitrogens with zero attached hydrogens (tertiary/aromatic N) is 2. The molecule has 0 amide bonds. The van der Waals surface area contributed by atoms with Crippen molar-refractivity contribution in [2.45, 2.75) is 112 Å². The molecule has 2 atom stereocenters. The van der Waals surface area contributed by atoms with Gasteiger partial charge >= 0.3 is 0 Å². The minimum absolute atomic E-state index is 0.0508. The van der Waals surface area contributed by atoms with E-state index in [1.165, 1.54) is 64.8 Å². The lowest BCUT2D eigenvalue weighted by atomic mass is 9.74. The van der Waals surface area contributed by atoms with Crippen LogP contribution in [0.15, 0.2) is 36.4 Å². The van der Waals surface area contributed by atoms with Crippen molar-refractivity contribution in [2.24, 2.45) is 11.8 Å². The van der Waals surface area contributed by atoms with Crippen LogP contribution in [0.5, 0.6) is 0 Å². The predicted molar refractivity (Wildman–Crippen MR) is 164 cm³/mol. The topological polar surface area (TPSA) is 19.1 Å². The van der Waals surface area contributed by atoms with E-state index in [0.717, 1.165) is 51.5 Å². The third kappa shape index (κ3) is 5.69. The lowest BCUT2D eigenvalue weighted by molar-refractivity contribution is 0.0626. The molecular formula is C35H52N2O. The zero-order valence-corrected chi connectivity index (χ0v) is 25.3. The monoisotopic (exact) mass is 516 g/mol. The van der Waals surface area contributed by atoms with Crippen molar-refractivity contribution < 1.29 is 4.74 Å². The standard InChI is InChI=1S/C35H52N2O/c1-8-20-35(7,33-25-30(16-15-26(4)10-3)27(5)37(33)21-9-2)34-28(6)36(32-14-12-11-13-31(32)34)22-17-29-18-23-38-24-19-29/h11-16,25-26,29H,8-10,17-24H2,1-7H3/b16-15-. The zero-order chi connectivity index (χ0) is 27.3. The second-order valence-electron chi connectivity index (χ2n) is 12.0. The van der Waals surface area contributed by atoms with Gasteiger partial charge in [-0.05, 0) is 88.0 Å². The van der Waals surface area contributed by atoms with Crippen LogP contribution in [0, 0.1) is 25.7 Å². The van der Waals surface area contributed by atoms with Gasteiger partial charge in [0.1, 0.15) is 0 Å². The normalized spacial score (nSPS) is 17.4. The van der Waals surface area contributed by atoms with Crippen molar-refractivity contribution in [2.75, 3.05) is 13.2 Å². The minimum Gasteiger partial charge on any atom is -0.381 e. The molecule has 3 nitrogen and oxygen atoms in total. The fourth-order valence-corrected chi connectivity index (χ4v) is 6.85. The van der Waals surface area contributed by atoms with Gasteiger partial charge in [-0.1, -0.05) is 70.9 Å². The predicted octanol–water partition coefficient (Wildman–Crippen LogP) is 9.45. The number of benzene rings is 1. The van der Waals surface area contributed by atoms with Gasteiger partial charge in [0, 0.05) is 59.7 Å². The minimum atomic E-state index is -0.0508. The number of para-hydroxylation sites is 1. The Labute approximate surface area is 232 Å². The van der Waals surface area contributed by atoms with Crippen LogP contribution in [-0.2, 0) is 23.2 Å². The summed E-state index contributed by atoms with van der Waals surface area (Å²) in [5.74, 6) is 1.38. The molecule has 0 aliphatic carbocycles. The molecule has 4 rings (SSSR count). The Morgan fingerprint density at radius 2 is 1.74 bits per heavy atom. The van der Waals surface area contributed by atoms with Crippen molar-refractivity contribution in [1.29, 1.82) is 0 Å². The molecule has 2 aromatic heterocycles. The molecule has 2 unspecified atom stereocenters. The molecule has 38 heavy (non-hydrogen) atoms. The fourth-order valence-electron chi connectivity index (χ4n) is 6.85. The SMILES string of the molecule is CCCn1c(C(C)(CCC)c2c(C)n(CCC3CCOCC3)c3ccccc23)cc(/C=C\C(C)CC)c1C. The molecule has 1 fully saturated rings. The Balaban J connectivity index is 1.85. The van der Waals surface area contributed by atoms with Crippen LogP contribution in [-0.4, -0.2) is 22.3 Å². The number of allylic oxidation sites excluding steroid dienone is 1. The molecule has 0 saturated carbocycles. The third-order valence-corrected chi connectivity index (χ3v) is 9.30. The van der Waals surface area contributed by atoms with Gasteiger partial charge in [-0.2, -0.15) is 0 Å². The summed E-state index contributed by atoms with van der Waals surface area (Å²) in [6.45, 7) is 20.5. The van der Waals surface area contributed by atoms with Gasteiger partial charge in [0.05, 0.1) is 0 Å². The van der Waals surface area contributed by atoms with Crippen LogP contribution in [0.3, 0.4) is 0 Å². The van der Waals surface area contributed by atoms with Crippen molar-refractivity contribution in [3.63, 3.8) is 0 Å². The smallest absolute Gasteiger partial charge is 0.0485 e. The van der Waals surface area contributed by atoms with E-state index in [9.17, 15) is 0 Å². The average molecular weight is 517 g/mol. The molecule has 3 heteroatoms. The lowest BCUT2D eigenvalue weighted by Gasteiger charge is -2.33. The van der Waals surface area contributed by atoms with E-state index in [0.29, 0.717) is 5.92 Å². The molecule has 1 aromatic carbocycles. The van der Waals surface area contributed by atoms with Crippen LogP contribution in [0.2, 0.25) is 0 Å². The van der Waals surface area contributed by atoms with Gasteiger partial charge in [0.2, 0.25) is 0 Å². The van der Waals surface area contributed by atoms with E-state index in [-0.39, 0.29) is 5.41 Å². The Morgan fingerprint density at radius 3 is 2.42 bits per heavy atom. The van der Waals surface area contributed by atoms with E-state index < -0.39 is 0 Å². The van der Waals surface area contributed by atoms with Gasteiger partial charge in [-0.3, -0.25) is 0 Å². The molecule has 0 N–H and O–H groups in total. The van der Waals surface area contributed by atoms with Crippen LogP contribution >= 0.6 is 0 Å². The zero-order valence-electron chi connectivity index (χ0n) is 25.3. The molecule has 1 saturated heterocycles. The second kappa shape index (κ2) is 12.7. The number of ether oxygens (including phenoxy) is 1. The Kier molecular flexibility index (Phi) is 9.63. The molecule has 0 radical (unpaired) electrons. The lowest BCUT2D eigenvalue weighted by Crippen LogP contribution is -2.28. The van der Waals surface area contributed by atoms with Gasteiger partial charge in [-0.25, -0.2) is 0 Å². The molecule has 208 valence electrons. The number of hydrogen-bond donors (Lipinski definition) is 0. The van der Waals surface area contributed by atoms with Crippen molar-refractivity contribution in [1.82, 2.24) is 9.13 Å². The van der Waals surface area contributed by atoms with Gasteiger partial charge in [-0.15, -0.1) is 0 Å². The average Bonchev–Trinajstić information content (AvgIpc) is 3.40. The maximum Gasteiger partial charge on any atom is 0.0485 e. The number of aryl methyl sites for hydroxylation is 1. The van der Waals surface area contributed by atoms with Crippen molar-refractivity contribution >= 4 is 17.0 Å². The molecule has 0 spiro atoms. The Bertz CT molecular complexity index is 1220. The van der Waals surface area contributed by atoms with Crippen LogP contribution < -0.4 is 0 Å². The molecule has 1 aliphatic rings. The van der Waals surface area contributed by atoms with E-state index in [4.69, 9.17) is 4.74 Å². The van der Waals surface area contributed by atoms with Gasteiger partial charge in [0.25, 0.3) is 0 Å². The van der Waals surface area contributed by atoms with Crippen molar-refractivity contribution in [3.8, 4) is 0 Å². The summed E-state index contributed by atoms with van der Waals surface area (Å²) in [4.78, 5) is 0. The molecule has 3 heterocycles. The number of aromatic nitrogens is 2. The van der Waals surface area contributed by atoms with E-state index in [1.54, 1.807) is 0 Å². The number of fused-ring (bicyclic) bond motifs is 1. The van der Waals surface area contributed by atoms with Gasteiger partial charge in [0.15, 0.2) is 0 Å². The highest BCUT2D eigenvalue weighted by molar-refractivity contribution is 5.87. The highest BCUT2D eigenvalue weighted by Crippen LogP contribution is 2.45. The van der Waals surface area contributed by atoms with Crippen LogP contribution in [0.1, 0.15) is 108 Å². The van der Waals surface area contributed by atoms with E-state index in [1.807, 2.05) is 0 Å². The summed E-state index contributed by atoms with van der Waals surface area (Å²) in [5, 5.41) is 1.44. The Hall–Kier alpha value is -2.26. The van der Waals surface area contributed by atoms with Crippen LogP contribution in [0.25, 0.3) is 17.0 Å². The maximum atomic E-state index is 5.64. The highest BCUT2D eigenvalue weighted by atomic mass is 16.5. The number of hydrogen-bond acceptors (Lipinski definition) is 1. The summed E-state index contributed by atoms with van der Waals surface area (Å²) in [6, 6.07) is 11.7. The molecular weight excluding hydrogens is 464 g/mol. The van der Waals surface area contributed by atoms with E-state index in [2.05, 4.69) is 100 Å². The quantitative estimate of drug-likeness (QED) is 0.234. The fraction of sp³-hybridized carbons (Fsp3) is 0.600. The maximum absolute atomic E-state index is 5.64. The number of rotatable bonds is 12. The highest BCUT2D eigenvalue weighted by Gasteiger charge is 2.37. The summed E-state index contributed by atoms with van der Waals surface area (Å²) in [5.41, 5.74) is 8.61.